The first-order valence-electron chi connectivity index (χ1n) is 4.24. The van der Waals surface area contributed by atoms with Gasteiger partial charge in [-0.3, -0.25) is 0 Å². The summed E-state index contributed by atoms with van der Waals surface area (Å²) in [6.07, 6.45) is 0.780. The molecular weight excluding hydrogens is 264 g/mol. The molecule has 0 fully saturated rings. The monoisotopic (exact) mass is 271 g/mol. The number of rotatable bonds is 5. The van der Waals surface area contributed by atoms with Crippen molar-refractivity contribution in [2.24, 2.45) is 0 Å². The second-order valence-electron chi connectivity index (χ2n) is 2.83. The topological polar surface area (TPSA) is 56.3 Å². The minimum absolute atomic E-state index is 0.131. The van der Waals surface area contributed by atoms with E-state index in [1.807, 2.05) is 0 Å². The summed E-state index contributed by atoms with van der Waals surface area (Å²) in [6.45, 7) is 0. The predicted molar refractivity (Wildman–Crippen MR) is 53.9 cm³/mol. The lowest BCUT2D eigenvalue weighted by molar-refractivity contribution is 0.444. The van der Waals surface area contributed by atoms with E-state index in [1.165, 1.54) is 0 Å². The van der Waals surface area contributed by atoms with E-state index in [9.17, 15) is 17.2 Å². The van der Waals surface area contributed by atoms with Gasteiger partial charge in [-0.25, -0.2) is 9.37 Å². The zero-order chi connectivity index (χ0) is 12.2. The molecule has 90 valence electrons. The molecule has 0 saturated heterocycles. The fraction of sp³-hybridized carbons (Fsp3) is 0.375. The Morgan fingerprint density at radius 3 is 2.75 bits per heavy atom. The number of hydrogen-bond donors (Lipinski definition) is 0. The van der Waals surface area contributed by atoms with Crippen LogP contribution in [0, 0.1) is 11.8 Å². The van der Waals surface area contributed by atoms with Crippen molar-refractivity contribution >= 4 is 21.7 Å². The molecule has 16 heavy (non-hydrogen) atoms. The van der Waals surface area contributed by atoms with Crippen LogP contribution in [0.15, 0.2) is 12.3 Å². The second-order valence-corrected chi connectivity index (χ2v) is 4.90. The molecule has 1 aromatic rings. The van der Waals surface area contributed by atoms with Crippen LogP contribution < -0.4 is 4.18 Å². The predicted octanol–water partition coefficient (Wildman–Crippen LogP) is 1.70. The van der Waals surface area contributed by atoms with Gasteiger partial charge in [0.15, 0.2) is 5.75 Å². The molecule has 0 aliphatic carbocycles. The molecule has 0 bridgehead atoms. The molecule has 0 unspecified atom stereocenters. The van der Waals surface area contributed by atoms with Crippen molar-refractivity contribution in [1.29, 1.82) is 0 Å². The Hall–Kier alpha value is -0.950. The molecule has 0 amide bonds. The van der Waals surface area contributed by atoms with Gasteiger partial charge in [0.25, 0.3) is 5.95 Å². The van der Waals surface area contributed by atoms with Crippen LogP contribution in [0.25, 0.3) is 0 Å². The Balaban J connectivity index is 2.83. The number of hydrogen-bond acceptors (Lipinski definition) is 4. The molecule has 4 nitrogen and oxygen atoms in total. The van der Waals surface area contributed by atoms with E-state index in [1.54, 1.807) is 0 Å². The van der Waals surface area contributed by atoms with Crippen molar-refractivity contribution in [2.75, 3.05) is 11.6 Å². The summed E-state index contributed by atoms with van der Waals surface area (Å²) >= 11 is 5.30. The Kier molecular flexibility index (Phi) is 4.43. The SMILES string of the molecule is O=S(=O)(CCCCl)Oc1cc(F)cnc1F. The third kappa shape index (κ3) is 3.90. The van der Waals surface area contributed by atoms with E-state index >= 15 is 0 Å². The lowest BCUT2D eigenvalue weighted by Crippen LogP contribution is -2.15. The van der Waals surface area contributed by atoms with Gasteiger partial charge in [0.1, 0.15) is 5.82 Å². The minimum atomic E-state index is -3.97. The lowest BCUT2D eigenvalue weighted by atomic mass is 10.4. The summed E-state index contributed by atoms with van der Waals surface area (Å²) in [5.41, 5.74) is 0. The van der Waals surface area contributed by atoms with E-state index in [0.29, 0.717) is 12.3 Å². The molecule has 0 atom stereocenters. The maximum atomic E-state index is 12.9. The van der Waals surface area contributed by atoms with Crippen LogP contribution in [0.5, 0.6) is 5.75 Å². The van der Waals surface area contributed by atoms with Crippen LogP contribution in [0.4, 0.5) is 8.78 Å². The fourth-order valence-electron chi connectivity index (χ4n) is 0.872. The van der Waals surface area contributed by atoms with Gasteiger partial charge in [0.2, 0.25) is 0 Å². The normalized spacial score (nSPS) is 11.4. The van der Waals surface area contributed by atoms with Crippen molar-refractivity contribution < 1.29 is 21.4 Å². The van der Waals surface area contributed by atoms with E-state index < -0.39 is 27.6 Å². The third-order valence-electron chi connectivity index (χ3n) is 1.52. The van der Waals surface area contributed by atoms with Gasteiger partial charge in [0, 0.05) is 11.9 Å². The molecule has 0 saturated carbocycles. The highest BCUT2D eigenvalue weighted by Gasteiger charge is 2.16. The summed E-state index contributed by atoms with van der Waals surface area (Å²) < 4.78 is 52.4. The van der Waals surface area contributed by atoms with E-state index in [2.05, 4.69) is 9.17 Å². The highest BCUT2D eigenvalue weighted by Crippen LogP contribution is 2.18. The van der Waals surface area contributed by atoms with Crippen molar-refractivity contribution in [3.63, 3.8) is 0 Å². The Bertz CT molecular complexity index is 466. The van der Waals surface area contributed by atoms with Gasteiger partial charge >= 0.3 is 10.1 Å². The molecule has 1 heterocycles. The van der Waals surface area contributed by atoms with Gasteiger partial charge in [-0.1, -0.05) is 0 Å². The van der Waals surface area contributed by atoms with Gasteiger partial charge < -0.3 is 4.18 Å². The smallest absolute Gasteiger partial charge is 0.309 e. The average molecular weight is 272 g/mol. The molecule has 1 rings (SSSR count). The van der Waals surface area contributed by atoms with Gasteiger partial charge in [0.05, 0.1) is 11.9 Å². The highest BCUT2D eigenvalue weighted by atomic mass is 35.5. The van der Waals surface area contributed by atoms with Crippen LogP contribution in [0.3, 0.4) is 0 Å². The Labute approximate surface area is 96.3 Å². The second kappa shape index (κ2) is 5.40. The molecule has 0 radical (unpaired) electrons. The maximum Gasteiger partial charge on any atom is 0.309 e. The zero-order valence-corrected chi connectivity index (χ0v) is 9.56. The summed E-state index contributed by atoms with van der Waals surface area (Å²) in [5, 5.41) is 0. The van der Waals surface area contributed by atoms with Crippen molar-refractivity contribution in [2.45, 2.75) is 6.42 Å². The number of alkyl halides is 1. The van der Waals surface area contributed by atoms with Crippen molar-refractivity contribution in [3.05, 3.63) is 24.0 Å². The van der Waals surface area contributed by atoms with Crippen molar-refractivity contribution in [3.8, 4) is 5.75 Å². The molecule has 0 N–H and O–H groups in total. The first-order chi connectivity index (χ1) is 7.44. The summed E-state index contributed by atoms with van der Waals surface area (Å²) in [4.78, 5) is 2.99. The van der Waals surface area contributed by atoms with E-state index in [-0.39, 0.29) is 18.1 Å². The van der Waals surface area contributed by atoms with Crippen LogP contribution in [-0.4, -0.2) is 25.0 Å². The van der Waals surface area contributed by atoms with Gasteiger partial charge in [-0.2, -0.15) is 12.8 Å². The summed E-state index contributed by atoms with van der Waals surface area (Å²) in [6, 6.07) is 0.612. The quantitative estimate of drug-likeness (QED) is 0.465. The molecular formula is C8H8ClF2NO3S. The first kappa shape index (κ1) is 13.1. The number of halogens is 3. The standard InChI is InChI=1S/C8H8ClF2NO3S/c9-2-1-3-16(13,14)15-7-4-6(10)5-12-8(7)11/h4-5H,1-3H2. The fourth-order valence-corrected chi connectivity index (χ4v) is 2.14. The van der Waals surface area contributed by atoms with Gasteiger partial charge in [-0.15, -0.1) is 11.6 Å². The molecule has 0 aliphatic heterocycles. The third-order valence-corrected chi connectivity index (χ3v) is 3.01. The van der Waals surface area contributed by atoms with Gasteiger partial charge in [-0.05, 0) is 6.42 Å². The van der Waals surface area contributed by atoms with Crippen molar-refractivity contribution in [1.82, 2.24) is 4.98 Å². The first-order valence-corrected chi connectivity index (χ1v) is 6.35. The average Bonchev–Trinajstić information content (AvgIpc) is 2.20. The largest absolute Gasteiger partial charge is 0.377 e. The zero-order valence-electron chi connectivity index (χ0n) is 7.99. The van der Waals surface area contributed by atoms with Crippen LogP contribution in [-0.2, 0) is 10.1 Å². The summed E-state index contributed by atoms with van der Waals surface area (Å²) in [7, 11) is -3.97. The number of nitrogens with zero attached hydrogens (tertiary/aromatic N) is 1. The molecule has 0 aliphatic rings. The van der Waals surface area contributed by atoms with Crippen LogP contribution in [0.2, 0.25) is 0 Å². The minimum Gasteiger partial charge on any atom is -0.377 e. The molecule has 8 heteroatoms. The molecule has 1 aromatic heterocycles. The Morgan fingerprint density at radius 2 is 2.12 bits per heavy atom. The number of pyridine rings is 1. The lowest BCUT2D eigenvalue weighted by Gasteiger charge is -2.06. The molecule has 0 spiro atoms. The highest BCUT2D eigenvalue weighted by molar-refractivity contribution is 7.87. The van der Waals surface area contributed by atoms with Crippen LogP contribution >= 0.6 is 11.6 Å². The molecule has 0 aromatic carbocycles. The maximum absolute atomic E-state index is 12.9. The van der Waals surface area contributed by atoms with E-state index in [0.717, 1.165) is 0 Å². The Morgan fingerprint density at radius 1 is 1.44 bits per heavy atom. The van der Waals surface area contributed by atoms with Crippen LogP contribution in [0.1, 0.15) is 6.42 Å². The number of aromatic nitrogens is 1. The van der Waals surface area contributed by atoms with E-state index in [4.69, 9.17) is 11.6 Å². The summed E-state index contributed by atoms with van der Waals surface area (Å²) in [5.74, 6) is -3.06.